The summed E-state index contributed by atoms with van der Waals surface area (Å²) in [4.78, 5) is 10.5. The third-order valence-corrected chi connectivity index (χ3v) is 2.99. The van der Waals surface area contributed by atoms with Gasteiger partial charge in [0.1, 0.15) is 0 Å². The van der Waals surface area contributed by atoms with Crippen molar-refractivity contribution < 1.29 is 9.90 Å². The summed E-state index contributed by atoms with van der Waals surface area (Å²) in [5, 5.41) is 8.66. The Labute approximate surface area is 121 Å². The molecule has 0 fully saturated rings. The number of aliphatic carboxylic acids is 1. The van der Waals surface area contributed by atoms with Crippen LogP contribution in [-0.4, -0.2) is 11.1 Å². The van der Waals surface area contributed by atoms with Crippen LogP contribution >= 0.6 is 0 Å². The summed E-state index contributed by atoms with van der Waals surface area (Å²) < 4.78 is 0. The van der Waals surface area contributed by atoms with Crippen molar-refractivity contribution in [3.63, 3.8) is 0 Å². The average molecular weight is 270 g/mol. The number of benzene rings is 1. The second-order valence-electron chi connectivity index (χ2n) is 4.72. The maximum Gasteiger partial charge on any atom is 0.328 e. The number of rotatable bonds is 7. The molecule has 0 spiro atoms. The van der Waals surface area contributed by atoms with Gasteiger partial charge in [0, 0.05) is 18.1 Å². The molecule has 20 heavy (non-hydrogen) atoms. The van der Waals surface area contributed by atoms with Crippen molar-refractivity contribution in [3.8, 4) is 11.8 Å². The Kier molecular flexibility index (Phi) is 7.91. The molecule has 0 saturated carbocycles. The van der Waals surface area contributed by atoms with Gasteiger partial charge in [0.25, 0.3) is 0 Å². The van der Waals surface area contributed by atoms with E-state index in [1.54, 1.807) is 6.08 Å². The molecule has 0 aliphatic heterocycles. The van der Waals surface area contributed by atoms with Crippen LogP contribution in [0.2, 0.25) is 0 Å². The largest absolute Gasteiger partial charge is 0.478 e. The highest BCUT2D eigenvalue weighted by Gasteiger charge is 1.95. The van der Waals surface area contributed by atoms with E-state index in [0.29, 0.717) is 0 Å². The molecule has 1 rings (SSSR count). The SMILES string of the molecule is CCCCCCCC#Cc1ccccc1C=CC(=O)O. The van der Waals surface area contributed by atoms with E-state index < -0.39 is 5.97 Å². The minimum Gasteiger partial charge on any atom is -0.478 e. The van der Waals surface area contributed by atoms with Gasteiger partial charge >= 0.3 is 5.97 Å². The zero-order valence-corrected chi connectivity index (χ0v) is 12.1. The second-order valence-corrected chi connectivity index (χ2v) is 4.72. The van der Waals surface area contributed by atoms with Gasteiger partial charge in [-0.1, -0.05) is 62.6 Å². The van der Waals surface area contributed by atoms with Gasteiger partial charge in [-0.05, 0) is 24.1 Å². The van der Waals surface area contributed by atoms with Crippen molar-refractivity contribution in [1.82, 2.24) is 0 Å². The van der Waals surface area contributed by atoms with E-state index in [2.05, 4.69) is 18.8 Å². The van der Waals surface area contributed by atoms with Crippen LogP contribution in [0.1, 0.15) is 56.6 Å². The molecule has 1 aromatic rings. The molecule has 1 aromatic carbocycles. The van der Waals surface area contributed by atoms with Crippen LogP contribution in [0.15, 0.2) is 30.3 Å². The molecule has 2 nitrogen and oxygen atoms in total. The van der Waals surface area contributed by atoms with Gasteiger partial charge in [0.2, 0.25) is 0 Å². The van der Waals surface area contributed by atoms with Gasteiger partial charge in [-0.15, -0.1) is 0 Å². The highest BCUT2D eigenvalue weighted by Crippen LogP contribution is 2.10. The Hall–Kier alpha value is -2.01. The number of carboxylic acid groups (broad SMARTS) is 1. The molecule has 0 unspecified atom stereocenters. The van der Waals surface area contributed by atoms with Gasteiger partial charge in [-0.25, -0.2) is 4.79 Å². The summed E-state index contributed by atoms with van der Waals surface area (Å²) in [5.74, 6) is 5.37. The van der Waals surface area contributed by atoms with E-state index >= 15 is 0 Å². The summed E-state index contributed by atoms with van der Waals surface area (Å²) in [6.45, 7) is 2.21. The van der Waals surface area contributed by atoms with E-state index in [0.717, 1.165) is 30.0 Å². The van der Waals surface area contributed by atoms with Crippen LogP contribution in [0.3, 0.4) is 0 Å². The predicted octanol–water partition coefficient (Wildman–Crippen LogP) is 4.50. The minimum absolute atomic E-state index is 0.855. The van der Waals surface area contributed by atoms with Gasteiger partial charge < -0.3 is 5.11 Å². The molecule has 106 valence electrons. The summed E-state index contributed by atoms with van der Waals surface area (Å²) in [5.41, 5.74) is 1.74. The lowest BCUT2D eigenvalue weighted by molar-refractivity contribution is -0.131. The Morgan fingerprint density at radius 2 is 1.95 bits per heavy atom. The Morgan fingerprint density at radius 1 is 1.20 bits per heavy atom. The van der Waals surface area contributed by atoms with E-state index in [9.17, 15) is 4.79 Å². The van der Waals surface area contributed by atoms with Crippen LogP contribution < -0.4 is 0 Å². The summed E-state index contributed by atoms with van der Waals surface area (Å²) in [7, 11) is 0. The normalized spacial score (nSPS) is 10.2. The van der Waals surface area contributed by atoms with Gasteiger partial charge in [0.05, 0.1) is 0 Å². The second kappa shape index (κ2) is 9.86. The molecule has 0 aliphatic rings. The van der Waals surface area contributed by atoms with Crippen molar-refractivity contribution in [1.29, 1.82) is 0 Å². The maximum absolute atomic E-state index is 10.5. The maximum atomic E-state index is 10.5. The Bertz CT molecular complexity index is 504. The standard InChI is InChI=1S/C18H22O2/c1-2-3-4-5-6-7-8-11-16-12-9-10-13-17(16)14-15-18(19)20/h9-10,12-15H,2-7H2,1H3,(H,19,20). The minimum atomic E-state index is -0.941. The van der Waals surface area contributed by atoms with E-state index in [-0.39, 0.29) is 0 Å². The fourth-order valence-electron chi connectivity index (χ4n) is 1.89. The molecule has 0 heterocycles. The average Bonchev–Trinajstić information content (AvgIpc) is 2.45. The zero-order chi connectivity index (χ0) is 14.6. The lowest BCUT2D eigenvalue weighted by Gasteiger charge is -1.97. The first kappa shape index (κ1) is 16.0. The predicted molar refractivity (Wildman–Crippen MR) is 83.4 cm³/mol. The first-order chi connectivity index (χ1) is 9.74. The molecule has 0 radical (unpaired) electrons. The first-order valence-corrected chi connectivity index (χ1v) is 7.23. The van der Waals surface area contributed by atoms with Crippen LogP contribution in [0, 0.1) is 11.8 Å². The lowest BCUT2D eigenvalue weighted by Crippen LogP contribution is -1.87. The zero-order valence-electron chi connectivity index (χ0n) is 12.1. The smallest absolute Gasteiger partial charge is 0.328 e. The first-order valence-electron chi connectivity index (χ1n) is 7.23. The number of carboxylic acids is 1. The fraction of sp³-hybridized carbons (Fsp3) is 0.389. The van der Waals surface area contributed by atoms with Crippen LogP contribution in [0.25, 0.3) is 6.08 Å². The molecule has 0 amide bonds. The van der Waals surface area contributed by atoms with Crippen molar-refractivity contribution >= 4 is 12.0 Å². The van der Waals surface area contributed by atoms with Crippen LogP contribution in [-0.2, 0) is 4.79 Å². The highest BCUT2D eigenvalue weighted by atomic mass is 16.4. The molecule has 0 atom stereocenters. The van der Waals surface area contributed by atoms with E-state index in [4.69, 9.17) is 5.11 Å². The van der Waals surface area contributed by atoms with E-state index in [1.165, 1.54) is 25.7 Å². The third-order valence-electron chi connectivity index (χ3n) is 2.99. The number of carbonyl (C=O) groups is 1. The third kappa shape index (κ3) is 6.80. The molecule has 1 N–H and O–H groups in total. The summed E-state index contributed by atoms with van der Waals surface area (Å²) in [6.07, 6.45) is 9.87. The number of unbranched alkanes of at least 4 members (excludes halogenated alkanes) is 5. The summed E-state index contributed by atoms with van der Waals surface area (Å²) in [6, 6.07) is 7.61. The van der Waals surface area contributed by atoms with Crippen molar-refractivity contribution in [3.05, 3.63) is 41.5 Å². The lowest BCUT2D eigenvalue weighted by atomic mass is 10.1. The van der Waals surface area contributed by atoms with Crippen molar-refractivity contribution in [2.75, 3.05) is 0 Å². The molecule has 0 aromatic heterocycles. The van der Waals surface area contributed by atoms with Crippen LogP contribution in [0.5, 0.6) is 0 Å². The quantitative estimate of drug-likeness (QED) is 0.450. The topological polar surface area (TPSA) is 37.3 Å². The summed E-state index contributed by atoms with van der Waals surface area (Å²) >= 11 is 0. The number of hydrogen-bond acceptors (Lipinski definition) is 1. The molecular formula is C18H22O2. The number of hydrogen-bond donors (Lipinski definition) is 1. The van der Waals surface area contributed by atoms with Crippen LogP contribution in [0.4, 0.5) is 0 Å². The fourth-order valence-corrected chi connectivity index (χ4v) is 1.89. The van der Waals surface area contributed by atoms with Gasteiger partial charge in [-0.3, -0.25) is 0 Å². The molecule has 0 saturated heterocycles. The Morgan fingerprint density at radius 3 is 2.70 bits per heavy atom. The van der Waals surface area contributed by atoms with Crippen molar-refractivity contribution in [2.45, 2.75) is 45.4 Å². The molecule has 0 bridgehead atoms. The van der Waals surface area contributed by atoms with Crippen molar-refractivity contribution in [2.24, 2.45) is 0 Å². The molecular weight excluding hydrogens is 248 g/mol. The Balaban J connectivity index is 2.53. The highest BCUT2D eigenvalue weighted by molar-refractivity contribution is 5.85. The monoisotopic (exact) mass is 270 g/mol. The van der Waals surface area contributed by atoms with E-state index in [1.807, 2.05) is 24.3 Å². The van der Waals surface area contributed by atoms with Gasteiger partial charge in [0.15, 0.2) is 0 Å². The molecule has 2 heteroatoms. The molecule has 0 aliphatic carbocycles. The van der Waals surface area contributed by atoms with Gasteiger partial charge in [-0.2, -0.15) is 0 Å².